The Morgan fingerprint density at radius 3 is 1.19 bits per heavy atom. The molecule has 0 aliphatic heterocycles. The maximum Gasteiger partial charge on any atom is -1.00 e. The Morgan fingerprint density at radius 2 is 0.892 bits per heavy atom. The summed E-state index contributed by atoms with van der Waals surface area (Å²) in [5.74, 6) is 2.37. The quantitative estimate of drug-likeness (QED) is 0.245. The molecule has 4 heteroatoms. The molecule has 0 amide bonds. The minimum absolute atomic E-state index is 0. The number of allylic oxidation sites excluding steroid dienone is 4. The third-order valence-corrected chi connectivity index (χ3v) is 29.5. The minimum atomic E-state index is -5.28. The third-order valence-electron chi connectivity index (χ3n) is 8.83. The van der Waals surface area contributed by atoms with Gasteiger partial charge in [-0.25, -0.2) is 0 Å². The van der Waals surface area contributed by atoms with Gasteiger partial charge in [0.15, 0.2) is 0 Å². The summed E-state index contributed by atoms with van der Waals surface area (Å²) in [5.41, 5.74) is 0. The van der Waals surface area contributed by atoms with Crippen molar-refractivity contribution < 1.29 is 38.8 Å². The van der Waals surface area contributed by atoms with Crippen LogP contribution < -0.4 is 43.9 Å². The van der Waals surface area contributed by atoms with E-state index in [9.17, 15) is 0 Å². The Labute approximate surface area is 232 Å². The molecule has 4 aromatic carbocycles. The molecule has 0 saturated carbocycles. The topological polar surface area (TPSA) is 0 Å². The number of hydrogen-bond donors (Lipinski definition) is 0. The van der Waals surface area contributed by atoms with Crippen molar-refractivity contribution in [1.29, 1.82) is 0 Å². The van der Waals surface area contributed by atoms with Crippen molar-refractivity contribution in [2.24, 2.45) is 0 Å². The van der Waals surface area contributed by atoms with Crippen molar-refractivity contribution in [3.05, 3.63) is 161 Å². The summed E-state index contributed by atoms with van der Waals surface area (Å²) < 4.78 is 8.86. The van der Waals surface area contributed by atoms with Gasteiger partial charge in [-0.1, -0.05) is 0 Å². The van der Waals surface area contributed by atoms with Crippen LogP contribution in [0.1, 0.15) is 6.42 Å². The molecule has 1 unspecified atom stereocenters. The molecule has 5 aromatic rings. The zero-order valence-corrected chi connectivity index (χ0v) is 24.5. The van der Waals surface area contributed by atoms with Crippen molar-refractivity contribution in [3.8, 4) is 0 Å². The van der Waals surface area contributed by atoms with Gasteiger partial charge >= 0.3 is 209 Å². The molecule has 1 heterocycles. The summed E-state index contributed by atoms with van der Waals surface area (Å²) in [6.07, 6.45) is 8.03. The average molecular weight is 575 g/mol. The first-order chi connectivity index (χ1) is 17.3. The van der Waals surface area contributed by atoms with Crippen LogP contribution in [0.3, 0.4) is 0 Å². The smallest absolute Gasteiger partial charge is 1.00 e. The molecule has 37 heavy (non-hydrogen) atoms. The van der Waals surface area contributed by atoms with E-state index in [2.05, 4.69) is 157 Å². The summed E-state index contributed by atoms with van der Waals surface area (Å²) in [5, 5.41) is 0. The van der Waals surface area contributed by atoms with E-state index in [1.54, 1.807) is 7.48 Å². The molecule has 0 nitrogen and oxygen atoms in total. The van der Waals surface area contributed by atoms with Crippen molar-refractivity contribution in [3.63, 3.8) is 0 Å². The van der Waals surface area contributed by atoms with Crippen molar-refractivity contribution in [2.45, 2.75) is 6.42 Å². The van der Waals surface area contributed by atoms with Crippen LogP contribution in [0.5, 0.6) is 0 Å². The second-order valence-electron chi connectivity index (χ2n) is 9.75. The Hall–Kier alpha value is -2.57. The predicted molar refractivity (Wildman–Crippen MR) is 152 cm³/mol. The normalized spacial score (nSPS) is 13.7. The maximum atomic E-state index is 2.46. The van der Waals surface area contributed by atoms with Crippen LogP contribution in [0.4, 0.5) is 0 Å². The minimum Gasteiger partial charge on any atom is -1.00 e. The number of hydrogen-bond acceptors (Lipinski definition) is 0. The van der Waals surface area contributed by atoms with Crippen LogP contribution in [0.2, 0.25) is 0 Å². The van der Waals surface area contributed by atoms with Gasteiger partial charge in [-0.3, -0.25) is 0 Å². The van der Waals surface area contributed by atoms with Gasteiger partial charge in [0.1, 0.15) is 0 Å². The molecule has 1 aliphatic rings. The Bertz CT molecular complexity index is 1350. The number of rotatable bonds is 6. The zero-order valence-electron chi connectivity index (χ0n) is 20.5. The third kappa shape index (κ3) is 3.09. The van der Waals surface area contributed by atoms with Crippen molar-refractivity contribution in [2.75, 3.05) is 0 Å². The summed E-state index contributed by atoms with van der Waals surface area (Å²) in [6, 6.07) is 50.6. The van der Waals surface area contributed by atoms with E-state index in [1.807, 2.05) is 0 Å². The van der Waals surface area contributed by atoms with E-state index in [4.69, 9.17) is 0 Å². The van der Waals surface area contributed by atoms with Gasteiger partial charge in [0.05, 0.1) is 0 Å². The number of benzene rings is 4. The van der Waals surface area contributed by atoms with Gasteiger partial charge in [-0.2, -0.15) is 0 Å². The molecule has 0 fully saturated rings. The van der Waals surface area contributed by atoms with E-state index in [-0.39, 0.29) is 24.8 Å². The molecule has 1 aromatic heterocycles. The molecule has 1 aliphatic carbocycles. The Balaban J connectivity index is 0.00000160. The molecule has 0 bridgehead atoms. The summed E-state index contributed by atoms with van der Waals surface area (Å²) >= 11 is -5.28. The van der Waals surface area contributed by atoms with Crippen LogP contribution in [-0.2, 0) is 14.0 Å². The van der Waals surface area contributed by atoms with Crippen LogP contribution in [0, 0.1) is 0 Å². The second kappa shape index (κ2) is 10.3. The summed E-state index contributed by atoms with van der Waals surface area (Å²) in [4.78, 5) is 0. The second-order valence-corrected chi connectivity index (χ2v) is 23.0. The monoisotopic (exact) mass is 574 g/mol. The summed E-state index contributed by atoms with van der Waals surface area (Å²) in [6.45, 7) is 0. The maximum absolute atomic E-state index is 5.28. The largest absolute Gasteiger partial charge is 1.00 e. The van der Waals surface area contributed by atoms with Crippen molar-refractivity contribution >= 4 is 27.3 Å². The van der Waals surface area contributed by atoms with E-state index < -0.39 is 14.0 Å². The standard InChI is InChI=1S/4C6H5.C5H5.C4H4P.2ClH.Ti/c4*1-2-4-6-5-3-1;2*1-2-4-5-3-1;;;/h4*1-5H;1-3H,4H2;1-3,5H;2*1H;/q;;;;;;;;+2/p-2. The Morgan fingerprint density at radius 1 is 0.486 bits per heavy atom. The molecule has 184 valence electrons. The molecular formula is C33H29Cl2PTi. The SMILES string of the molecule is C1=CC[C]([Ti+2]([c]2ccccc2)([c]2ccccc2)([c]2ccccc2)([c]2ccccc2)[c]2ccc[pH]2)=C1.[Cl-].[Cl-]. The molecular weight excluding hydrogens is 546 g/mol. The summed E-state index contributed by atoms with van der Waals surface area (Å²) in [7, 11) is 0.617. The predicted octanol–water partition coefficient (Wildman–Crippen LogP) is -0.278. The van der Waals surface area contributed by atoms with Gasteiger partial charge in [0, 0.05) is 0 Å². The van der Waals surface area contributed by atoms with E-state index in [0.717, 1.165) is 6.42 Å². The molecule has 6 rings (SSSR count). The van der Waals surface area contributed by atoms with Crippen LogP contribution >= 0.6 is 8.19 Å². The first-order valence-corrected chi connectivity index (χ1v) is 18.1. The molecule has 0 saturated heterocycles. The molecule has 0 N–H and O–H groups in total. The van der Waals surface area contributed by atoms with Gasteiger partial charge < -0.3 is 24.8 Å². The van der Waals surface area contributed by atoms with Crippen molar-refractivity contribution in [1.82, 2.24) is 0 Å². The number of halogens is 2. The molecule has 0 spiro atoms. The van der Waals surface area contributed by atoms with Gasteiger partial charge in [-0.05, 0) is 0 Å². The fraction of sp³-hybridized carbons (Fsp3) is 0.0303. The van der Waals surface area contributed by atoms with E-state index >= 15 is 0 Å². The van der Waals surface area contributed by atoms with Gasteiger partial charge in [0.2, 0.25) is 0 Å². The Kier molecular flexibility index (Phi) is 7.65. The van der Waals surface area contributed by atoms with Crippen LogP contribution in [-0.4, -0.2) is 0 Å². The van der Waals surface area contributed by atoms with E-state index in [0.29, 0.717) is 8.19 Å². The first kappa shape index (κ1) is 27.5. The van der Waals surface area contributed by atoms with Gasteiger partial charge in [-0.15, -0.1) is 0 Å². The van der Waals surface area contributed by atoms with Crippen LogP contribution in [0.15, 0.2) is 161 Å². The fourth-order valence-corrected chi connectivity index (χ4v) is 30.5. The van der Waals surface area contributed by atoms with Gasteiger partial charge in [0.25, 0.3) is 0 Å². The van der Waals surface area contributed by atoms with E-state index in [1.165, 1.54) is 15.5 Å². The molecule has 1 atom stereocenters. The zero-order chi connectivity index (χ0) is 23.7. The fourth-order valence-electron chi connectivity index (χ4n) is 7.59. The molecule has 0 radical (unpaired) electrons. The first-order valence-electron chi connectivity index (χ1n) is 12.4. The average Bonchev–Trinajstić information content (AvgIpc) is 3.70. The van der Waals surface area contributed by atoms with Crippen LogP contribution in [0.25, 0.3) is 0 Å².